The van der Waals surface area contributed by atoms with E-state index < -0.39 is 0 Å². The van der Waals surface area contributed by atoms with Crippen molar-refractivity contribution in [1.29, 1.82) is 0 Å². The molecule has 0 aliphatic carbocycles. The lowest BCUT2D eigenvalue weighted by atomic mass is 10.1. The van der Waals surface area contributed by atoms with Gasteiger partial charge in [0, 0.05) is 12.6 Å². The van der Waals surface area contributed by atoms with Gasteiger partial charge < -0.3 is 10.1 Å². The van der Waals surface area contributed by atoms with Gasteiger partial charge >= 0.3 is 0 Å². The number of ether oxygens (including phenoxy) is 1. The third-order valence-corrected chi connectivity index (χ3v) is 3.07. The molecule has 0 rings (SSSR count). The molecule has 2 atom stereocenters. The molecule has 0 fully saturated rings. The van der Waals surface area contributed by atoms with Gasteiger partial charge in [0.1, 0.15) is 0 Å². The van der Waals surface area contributed by atoms with Gasteiger partial charge in [0.15, 0.2) is 0 Å². The van der Waals surface area contributed by atoms with Crippen LogP contribution in [0.1, 0.15) is 66.2 Å². The van der Waals surface area contributed by atoms with E-state index in [1.165, 1.54) is 38.5 Å². The Morgan fingerprint density at radius 1 is 1.06 bits per heavy atom. The molecular weight excluding hydrogens is 198 g/mol. The van der Waals surface area contributed by atoms with Crippen molar-refractivity contribution in [1.82, 2.24) is 5.32 Å². The fourth-order valence-electron chi connectivity index (χ4n) is 1.65. The van der Waals surface area contributed by atoms with E-state index in [4.69, 9.17) is 4.74 Å². The zero-order valence-corrected chi connectivity index (χ0v) is 11.7. The molecule has 0 saturated heterocycles. The van der Waals surface area contributed by atoms with Crippen molar-refractivity contribution in [2.24, 2.45) is 0 Å². The second-order valence-electron chi connectivity index (χ2n) is 4.79. The molecule has 0 aliphatic heterocycles. The molecule has 0 aromatic rings. The Bertz CT molecular complexity index is 139. The van der Waals surface area contributed by atoms with Gasteiger partial charge in [0.05, 0.1) is 12.7 Å². The standard InChI is InChI=1S/C14H31NO/c1-5-7-8-9-10-14(4)16-12-11-15-13(3)6-2/h13-15H,5-12H2,1-4H3. The lowest BCUT2D eigenvalue weighted by Crippen LogP contribution is -2.29. The highest BCUT2D eigenvalue weighted by Crippen LogP contribution is 2.07. The number of hydrogen-bond donors (Lipinski definition) is 1. The SMILES string of the molecule is CCCCCCC(C)OCCNC(C)CC. The lowest BCUT2D eigenvalue weighted by Gasteiger charge is -2.15. The molecule has 2 heteroatoms. The van der Waals surface area contributed by atoms with E-state index in [-0.39, 0.29) is 0 Å². The first-order valence-corrected chi connectivity index (χ1v) is 7.05. The zero-order chi connectivity index (χ0) is 12.2. The summed E-state index contributed by atoms with van der Waals surface area (Å²) in [5.41, 5.74) is 0. The van der Waals surface area contributed by atoms with Gasteiger partial charge in [-0.25, -0.2) is 0 Å². The largest absolute Gasteiger partial charge is 0.377 e. The highest BCUT2D eigenvalue weighted by Gasteiger charge is 2.02. The van der Waals surface area contributed by atoms with Crippen molar-refractivity contribution in [2.75, 3.05) is 13.2 Å². The quantitative estimate of drug-likeness (QED) is 0.545. The van der Waals surface area contributed by atoms with E-state index in [0.717, 1.165) is 13.2 Å². The second-order valence-corrected chi connectivity index (χ2v) is 4.79. The summed E-state index contributed by atoms with van der Waals surface area (Å²) in [6, 6.07) is 0.614. The predicted molar refractivity (Wildman–Crippen MR) is 71.9 cm³/mol. The van der Waals surface area contributed by atoms with E-state index >= 15 is 0 Å². The Hall–Kier alpha value is -0.0800. The molecule has 0 aliphatic rings. The topological polar surface area (TPSA) is 21.3 Å². The molecule has 0 saturated carbocycles. The summed E-state index contributed by atoms with van der Waals surface area (Å²) in [5, 5.41) is 3.44. The average Bonchev–Trinajstić information content (AvgIpc) is 2.30. The first-order valence-electron chi connectivity index (χ1n) is 7.05. The summed E-state index contributed by atoms with van der Waals surface area (Å²) >= 11 is 0. The average molecular weight is 229 g/mol. The van der Waals surface area contributed by atoms with Crippen LogP contribution in [0.25, 0.3) is 0 Å². The third-order valence-electron chi connectivity index (χ3n) is 3.07. The van der Waals surface area contributed by atoms with Crippen LogP contribution < -0.4 is 5.32 Å². The van der Waals surface area contributed by atoms with Crippen LogP contribution in [-0.4, -0.2) is 25.3 Å². The molecular formula is C14H31NO. The van der Waals surface area contributed by atoms with E-state index in [1.54, 1.807) is 0 Å². The van der Waals surface area contributed by atoms with Crippen LogP contribution in [0.15, 0.2) is 0 Å². The summed E-state index contributed by atoms with van der Waals surface area (Å²) in [7, 11) is 0. The van der Waals surface area contributed by atoms with Crippen molar-refractivity contribution in [2.45, 2.75) is 78.4 Å². The molecule has 0 aromatic heterocycles. The molecule has 0 radical (unpaired) electrons. The lowest BCUT2D eigenvalue weighted by molar-refractivity contribution is 0.0593. The minimum absolute atomic E-state index is 0.426. The normalized spacial score (nSPS) is 15.0. The minimum atomic E-state index is 0.426. The van der Waals surface area contributed by atoms with Crippen LogP contribution in [0.4, 0.5) is 0 Å². The second kappa shape index (κ2) is 11.4. The summed E-state index contributed by atoms with van der Waals surface area (Å²) in [6.07, 6.45) is 8.17. The molecule has 0 spiro atoms. The molecule has 98 valence electrons. The molecule has 0 amide bonds. The number of hydrogen-bond acceptors (Lipinski definition) is 2. The molecule has 2 unspecified atom stereocenters. The molecule has 0 aromatic carbocycles. The van der Waals surface area contributed by atoms with Crippen LogP contribution in [0.3, 0.4) is 0 Å². The van der Waals surface area contributed by atoms with E-state index in [9.17, 15) is 0 Å². The maximum absolute atomic E-state index is 5.75. The molecule has 0 bridgehead atoms. The Labute approximate surface area is 102 Å². The molecule has 0 heterocycles. The zero-order valence-electron chi connectivity index (χ0n) is 11.7. The van der Waals surface area contributed by atoms with Gasteiger partial charge in [-0.05, 0) is 26.7 Å². The van der Waals surface area contributed by atoms with Crippen molar-refractivity contribution < 1.29 is 4.74 Å². The van der Waals surface area contributed by atoms with Crippen molar-refractivity contribution >= 4 is 0 Å². The van der Waals surface area contributed by atoms with Crippen molar-refractivity contribution in [3.05, 3.63) is 0 Å². The van der Waals surface area contributed by atoms with Gasteiger partial charge in [-0.2, -0.15) is 0 Å². The summed E-state index contributed by atoms with van der Waals surface area (Å²) < 4.78 is 5.75. The van der Waals surface area contributed by atoms with Crippen LogP contribution in [-0.2, 0) is 4.74 Å². The molecule has 2 nitrogen and oxygen atoms in total. The van der Waals surface area contributed by atoms with Gasteiger partial charge in [0.2, 0.25) is 0 Å². The van der Waals surface area contributed by atoms with Crippen molar-refractivity contribution in [3.8, 4) is 0 Å². The first kappa shape index (κ1) is 15.9. The molecule has 16 heavy (non-hydrogen) atoms. The predicted octanol–water partition coefficient (Wildman–Crippen LogP) is 3.75. The summed E-state index contributed by atoms with van der Waals surface area (Å²) in [6.45, 7) is 10.7. The Kier molecular flexibility index (Phi) is 11.3. The van der Waals surface area contributed by atoms with Gasteiger partial charge in [-0.15, -0.1) is 0 Å². The van der Waals surface area contributed by atoms with E-state index in [1.807, 2.05) is 0 Å². The maximum Gasteiger partial charge on any atom is 0.0594 e. The highest BCUT2D eigenvalue weighted by atomic mass is 16.5. The number of rotatable bonds is 11. The number of unbranched alkanes of at least 4 members (excludes halogenated alkanes) is 3. The van der Waals surface area contributed by atoms with Crippen LogP contribution in [0.2, 0.25) is 0 Å². The minimum Gasteiger partial charge on any atom is -0.377 e. The van der Waals surface area contributed by atoms with Crippen LogP contribution in [0, 0.1) is 0 Å². The van der Waals surface area contributed by atoms with Gasteiger partial charge in [-0.1, -0.05) is 39.5 Å². The number of nitrogens with one attached hydrogen (secondary N) is 1. The van der Waals surface area contributed by atoms with Gasteiger partial charge in [-0.3, -0.25) is 0 Å². The summed E-state index contributed by atoms with van der Waals surface area (Å²) in [4.78, 5) is 0. The Morgan fingerprint density at radius 2 is 1.81 bits per heavy atom. The summed E-state index contributed by atoms with van der Waals surface area (Å²) in [5.74, 6) is 0. The van der Waals surface area contributed by atoms with Crippen LogP contribution >= 0.6 is 0 Å². The Balaban J connectivity index is 3.20. The van der Waals surface area contributed by atoms with Gasteiger partial charge in [0.25, 0.3) is 0 Å². The fraction of sp³-hybridized carbons (Fsp3) is 1.00. The monoisotopic (exact) mass is 229 g/mol. The smallest absolute Gasteiger partial charge is 0.0594 e. The highest BCUT2D eigenvalue weighted by molar-refractivity contribution is 4.57. The maximum atomic E-state index is 5.75. The Morgan fingerprint density at radius 3 is 2.44 bits per heavy atom. The third kappa shape index (κ3) is 10.4. The first-order chi connectivity index (χ1) is 7.70. The van der Waals surface area contributed by atoms with Crippen LogP contribution in [0.5, 0.6) is 0 Å². The molecule has 1 N–H and O–H groups in total. The fourth-order valence-corrected chi connectivity index (χ4v) is 1.65. The van der Waals surface area contributed by atoms with Crippen molar-refractivity contribution in [3.63, 3.8) is 0 Å². The van der Waals surface area contributed by atoms with E-state index in [0.29, 0.717) is 12.1 Å². The van der Waals surface area contributed by atoms with E-state index in [2.05, 4.69) is 33.0 Å².